The van der Waals surface area contributed by atoms with Crippen molar-refractivity contribution in [2.45, 2.75) is 44.4 Å². The number of benzene rings is 1. The number of likely N-dealkylation sites (tertiary alicyclic amines) is 1. The molecule has 1 N–H and O–H groups in total. The lowest BCUT2D eigenvalue weighted by Gasteiger charge is -2.36. The van der Waals surface area contributed by atoms with Gasteiger partial charge in [-0.25, -0.2) is 0 Å². The minimum absolute atomic E-state index is 0.162. The van der Waals surface area contributed by atoms with E-state index in [2.05, 4.69) is 45.2 Å². The molecule has 1 amide bonds. The zero-order valence-corrected chi connectivity index (χ0v) is 17.4. The highest BCUT2D eigenvalue weighted by molar-refractivity contribution is 9.10. The summed E-state index contributed by atoms with van der Waals surface area (Å²) >= 11 is 3.49. The zero-order valence-electron chi connectivity index (χ0n) is 15.8. The number of halogens is 1. The van der Waals surface area contributed by atoms with Crippen LogP contribution >= 0.6 is 15.9 Å². The molecule has 5 heteroatoms. The van der Waals surface area contributed by atoms with Crippen molar-refractivity contribution in [2.24, 2.45) is 5.92 Å². The maximum absolute atomic E-state index is 13.1. The number of carbonyl (C=O) groups excluding carboxylic acids is 1. The van der Waals surface area contributed by atoms with Crippen LogP contribution in [0.2, 0.25) is 0 Å². The molecular weight excluding hydrogens is 392 g/mol. The molecule has 0 bridgehead atoms. The van der Waals surface area contributed by atoms with E-state index in [0.717, 1.165) is 48.3 Å². The van der Waals surface area contributed by atoms with Gasteiger partial charge < -0.3 is 15.0 Å². The summed E-state index contributed by atoms with van der Waals surface area (Å²) in [7, 11) is 0. The Morgan fingerprint density at radius 1 is 1.31 bits per heavy atom. The number of nitrogens with zero attached hydrogens (tertiary/aromatic N) is 1. The molecule has 0 aliphatic carbocycles. The van der Waals surface area contributed by atoms with Crippen molar-refractivity contribution in [3.05, 3.63) is 34.3 Å². The lowest BCUT2D eigenvalue weighted by Crippen LogP contribution is -2.48. The Morgan fingerprint density at radius 3 is 2.73 bits per heavy atom. The Kier molecular flexibility index (Phi) is 7.12. The SMILES string of the molecule is CC1CCCN(CCCNC(=O)C2(c3ccc(Br)cc3)CCOCC2)C1. The van der Waals surface area contributed by atoms with Crippen molar-refractivity contribution >= 4 is 21.8 Å². The molecule has 4 nitrogen and oxygen atoms in total. The van der Waals surface area contributed by atoms with Crippen LogP contribution in [0, 0.1) is 5.92 Å². The monoisotopic (exact) mass is 422 g/mol. The van der Waals surface area contributed by atoms with Gasteiger partial charge in [0.1, 0.15) is 0 Å². The van der Waals surface area contributed by atoms with E-state index in [0.29, 0.717) is 13.2 Å². The van der Waals surface area contributed by atoms with Crippen molar-refractivity contribution < 1.29 is 9.53 Å². The van der Waals surface area contributed by atoms with Gasteiger partial charge in [0.05, 0.1) is 5.41 Å². The van der Waals surface area contributed by atoms with E-state index < -0.39 is 5.41 Å². The lowest BCUT2D eigenvalue weighted by molar-refractivity contribution is -0.130. The summed E-state index contributed by atoms with van der Waals surface area (Å²) in [6.07, 6.45) is 5.19. The number of carbonyl (C=O) groups is 1. The number of hydrogen-bond donors (Lipinski definition) is 1. The number of rotatable bonds is 6. The van der Waals surface area contributed by atoms with Crippen LogP contribution in [-0.2, 0) is 14.9 Å². The molecular formula is C21H31BrN2O2. The van der Waals surface area contributed by atoms with Gasteiger partial charge in [0.25, 0.3) is 0 Å². The number of amides is 1. The predicted molar refractivity (Wildman–Crippen MR) is 108 cm³/mol. The van der Waals surface area contributed by atoms with E-state index in [1.807, 2.05) is 12.1 Å². The Labute approximate surface area is 165 Å². The quantitative estimate of drug-likeness (QED) is 0.709. The molecule has 2 aliphatic heterocycles. The highest BCUT2D eigenvalue weighted by Gasteiger charge is 2.41. The minimum atomic E-state index is -0.446. The summed E-state index contributed by atoms with van der Waals surface area (Å²) in [6, 6.07) is 8.20. The van der Waals surface area contributed by atoms with Gasteiger partial charge in [-0.3, -0.25) is 4.79 Å². The van der Waals surface area contributed by atoms with Gasteiger partial charge >= 0.3 is 0 Å². The van der Waals surface area contributed by atoms with E-state index in [1.54, 1.807) is 0 Å². The van der Waals surface area contributed by atoms with E-state index >= 15 is 0 Å². The van der Waals surface area contributed by atoms with E-state index in [9.17, 15) is 4.79 Å². The molecule has 0 aromatic heterocycles. The molecule has 0 spiro atoms. The summed E-state index contributed by atoms with van der Waals surface area (Å²) < 4.78 is 6.58. The second kappa shape index (κ2) is 9.34. The largest absolute Gasteiger partial charge is 0.381 e. The van der Waals surface area contributed by atoms with Gasteiger partial charge in [-0.2, -0.15) is 0 Å². The van der Waals surface area contributed by atoms with Gasteiger partial charge in [0.15, 0.2) is 0 Å². The first-order valence-electron chi connectivity index (χ1n) is 9.95. The van der Waals surface area contributed by atoms with Crippen LogP contribution in [0.3, 0.4) is 0 Å². The van der Waals surface area contributed by atoms with Crippen molar-refractivity contribution in [1.29, 1.82) is 0 Å². The maximum atomic E-state index is 13.1. The van der Waals surface area contributed by atoms with E-state index in [1.165, 1.54) is 25.9 Å². The molecule has 1 aromatic rings. The van der Waals surface area contributed by atoms with Gasteiger partial charge in [-0.1, -0.05) is 35.0 Å². The zero-order chi connectivity index (χ0) is 18.4. The van der Waals surface area contributed by atoms with Gasteiger partial charge in [0, 0.05) is 30.8 Å². The molecule has 2 aliphatic rings. The van der Waals surface area contributed by atoms with Crippen LogP contribution in [0.1, 0.15) is 44.6 Å². The summed E-state index contributed by atoms with van der Waals surface area (Å²) in [6.45, 7) is 7.87. The molecule has 26 heavy (non-hydrogen) atoms. The molecule has 1 unspecified atom stereocenters. The molecule has 2 heterocycles. The standard InChI is InChI=1S/C21H31BrN2O2/c1-17-4-2-12-24(16-17)13-3-11-23-20(25)21(9-14-26-15-10-21)18-5-7-19(22)8-6-18/h5-8,17H,2-4,9-16H2,1H3,(H,23,25). The molecule has 3 rings (SSSR count). The van der Waals surface area contributed by atoms with E-state index in [4.69, 9.17) is 4.74 Å². The summed E-state index contributed by atoms with van der Waals surface area (Å²) in [5.74, 6) is 0.969. The molecule has 0 saturated carbocycles. The molecule has 2 fully saturated rings. The number of ether oxygens (including phenoxy) is 1. The van der Waals surface area contributed by atoms with Crippen LogP contribution in [0.15, 0.2) is 28.7 Å². The first-order chi connectivity index (χ1) is 12.6. The van der Waals surface area contributed by atoms with Crippen LogP contribution in [0.4, 0.5) is 0 Å². The molecule has 0 radical (unpaired) electrons. The Hall–Kier alpha value is -0.910. The summed E-state index contributed by atoms with van der Waals surface area (Å²) in [5, 5.41) is 3.22. The van der Waals surface area contributed by atoms with Crippen molar-refractivity contribution in [1.82, 2.24) is 10.2 Å². The fourth-order valence-electron chi connectivity index (χ4n) is 4.30. The van der Waals surface area contributed by atoms with Crippen LogP contribution < -0.4 is 5.32 Å². The normalized spacial score (nSPS) is 23.5. The Balaban J connectivity index is 1.55. The molecule has 1 atom stereocenters. The Bertz CT molecular complexity index is 584. The van der Waals surface area contributed by atoms with Gasteiger partial charge in [-0.15, -0.1) is 0 Å². The average molecular weight is 423 g/mol. The minimum Gasteiger partial charge on any atom is -0.381 e. The summed E-state index contributed by atoms with van der Waals surface area (Å²) in [4.78, 5) is 15.7. The lowest BCUT2D eigenvalue weighted by atomic mass is 9.73. The first kappa shape index (κ1) is 19.8. The molecule has 144 valence electrons. The Morgan fingerprint density at radius 2 is 2.04 bits per heavy atom. The third kappa shape index (κ3) is 4.87. The maximum Gasteiger partial charge on any atom is 0.230 e. The predicted octanol–water partition coefficient (Wildman–Crippen LogP) is 3.74. The first-order valence-corrected chi connectivity index (χ1v) is 10.7. The van der Waals surface area contributed by atoms with Gasteiger partial charge in [-0.05, 0) is 68.8 Å². The molecule has 2 saturated heterocycles. The fraction of sp³-hybridized carbons (Fsp3) is 0.667. The van der Waals surface area contributed by atoms with Crippen LogP contribution in [-0.4, -0.2) is 50.2 Å². The fourth-order valence-corrected chi connectivity index (χ4v) is 4.56. The number of nitrogens with one attached hydrogen (secondary N) is 1. The van der Waals surface area contributed by atoms with Crippen molar-refractivity contribution in [2.75, 3.05) is 39.4 Å². The van der Waals surface area contributed by atoms with Crippen molar-refractivity contribution in [3.8, 4) is 0 Å². The number of hydrogen-bond acceptors (Lipinski definition) is 3. The second-order valence-corrected chi connectivity index (χ2v) is 8.77. The highest BCUT2D eigenvalue weighted by atomic mass is 79.9. The smallest absolute Gasteiger partial charge is 0.230 e. The highest BCUT2D eigenvalue weighted by Crippen LogP contribution is 2.35. The second-order valence-electron chi connectivity index (χ2n) is 7.86. The third-order valence-corrected chi connectivity index (χ3v) is 6.38. The number of piperidine rings is 1. The average Bonchev–Trinajstić information content (AvgIpc) is 2.66. The van der Waals surface area contributed by atoms with Crippen molar-refractivity contribution in [3.63, 3.8) is 0 Å². The topological polar surface area (TPSA) is 41.6 Å². The van der Waals surface area contributed by atoms with Gasteiger partial charge in [0.2, 0.25) is 5.91 Å². The summed E-state index contributed by atoms with van der Waals surface area (Å²) in [5.41, 5.74) is 0.657. The van der Waals surface area contributed by atoms with Crippen LogP contribution in [0.25, 0.3) is 0 Å². The third-order valence-electron chi connectivity index (χ3n) is 5.86. The molecule has 1 aromatic carbocycles. The van der Waals surface area contributed by atoms with Crippen LogP contribution in [0.5, 0.6) is 0 Å². The van der Waals surface area contributed by atoms with E-state index in [-0.39, 0.29) is 5.91 Å².